The Morgan fingerprint density at radius 2 is 1.17 bits per heavy atom. The zero-order valence-corrected chi connectivity index (χ0v) is 34.1. The maximum absolute atomic E-state index is 3.67. The van der Waals surface area contributed by atoms with Crippen molar-refractivity contribution < 1.29 is 24.2 Å². The van der Waals surface area contributed by atoms with Crippen molar-refractivity contribution in [3.8, 4) is 11.1 Å². The molecule has 0 spiro atoms. The van der Waals surface area contributed by atoms with Gasteiger partial charge in [-0.3, -0.25) is 6.08 Å². The van der Waals surface area contributed by atoms with Crippen LogP contribution < -0.4 is 0 Å². The summed E-state index contributed by atoms with van der Waals surface area (Å²) in [4.78, 5) is 0. The third-order valence-corrected chi connectivity index (χ3v) is 9.92. The molecule has 0 aromatic heterocycles. The molecule has 0 fully saturated rings. The second kappa shape index (κ2) is 16.9. The van der Waals surface area contributed by atoms with Crippen LogP contribution >= 0.6 is 24.8 Å². The van der Waals surface area contributed by atoms with E-state index in [-0.39, 0.29) is 35.6 Å². The van der Waals surface area contributed by atoms with E-state index in [2.05, 4.69) is 178 Å². The summed E-state index contributed by atoms with van der Waals surface area (Å²) in [7, 11) is 0. The standard InChI is InChI=1S/C21H25.C13H10.C10H15.2ClH.Zr/c1-20(2,3)16-7-9-18-14(12-16)11-15-13-17(21(4,5)6)8-10-19(15)18;1-3-7-12(8-4-1)11-13-9-5-2-6-10-13;1-8-5-6-9(7-8)10(2,3)4;;;/h7-10,12H,11H2,1-6H3;1-10H;7H,6H2,1-4H3;2*1H;/q-1;;-1;;;+2. The molecule has 0 saturated heterocycles. The minimum atomic E-state index is 0. The zero-order valence-electron chi connectivity index (χ0n) is 30.0. The van der Waals surface area contributed by atoms with Crippen molar-refractivity contribution in [2.24, 2.45) is 5.41 Å². The van der Waals surface area contributed by atoms with Crippen LogP contribution in [0.1, 0.15) is 109 Å². The van der Waals surface area contributed by atoms with Crippen molar-refractivity contribution in [2.75, 3.05) is 0 Å². The predicted octanol–water partition coefficient (Wildman–Crippen LogP) is 12.4. The van der Waals surface area contributed by atoms with Crippen LogP contribution in [0.5, 0.6) is 0 Å². The molecule has 0 bridgehead atoms. The van der Waals surface area contributed by atoms with Crippen molar-refractivity contribution in [1.29, 1.82) is 0 Å². The van der Waals surface area contributed by atoms with E-state index >= 15 is 0 Å². The summed E-state index contributed by atoms with van der Waals surface area (Å²) < 4.78 is 1.42. The van der Waals surface area contributed by atoms with Crippen LogP contribution in [0, 0.1) is 17.6 Å². The summed E-state index contributed by atoms with van der Waals surface area (Å²) in [6.45, 7) is 22.5. The van der Waals surface area contributed by atoms with Gasteiger partial charge in [-0.25, -0.2) is 11.6 Å². The Morgan fingerprint density at radius 3 is 1.60 bits per heavy atom. The normalized spacial score (nSPS) is 13.2. The Labute approximate surface area is 313 Å². The maximum atomic E-state index is 3.67. The minimum absolute atomic E-state index is 0. The van der Waals surface area contributed by atoms with Crippen LogP contribution in [0.4, 0.5) is 0 Å². The van der Waals surface area contributed by atoms with Crippen LogP contribution in [0.2, 0.25) is 0 Å². The van der Waals surface area contributed by atoms with E-state index < -0.39 is 0 Å². The first kappa shape index (κ1) is 40.9. The van der Waals surface area contributed by atoms with Gasteiger partial charge in [0.05, 0.1) is 0 Å². The molecule has 0 unspecified atom stereocenters. The Bertz CT molecular complexity index is 1590. The molecule has 0 amide bonds. The number of hydrogen-bond acceptors (Lipinski definition) is 0. The molecule has 6 rings (SSSR count). The molecule has 2 aliphatic rings. The Kier molecular flexibility index (Phi) is 14.7. The topological polar surface area (TPSA) is 0 Å². The van der Waals surface area contributed by atoms with E-state index in [0.29, 0.717) is 5.41 Å². The molecule has 0 nitrogen and oxygen atoms in total. The predicted molar refractivity (Wildman–Crippen MR) is 206 cm³/mol. The second-order valence-corrected chi connectivity index (χ2v) is 16.6. The van der Waals surface area contributed by atoms with E-state index in [1.54, 1.807) is 0 Å². The summed E-state index contributed by atoms with van der Waals surface area (Å²) in [6, 6.07) is 36.3. The first-order valence-corrected chi connectivity index (χ1v) is 17.4. The number of benzene rings is 4. The summed E-state index contributed by atoms with van der Waals surface area (Å²) in [5.41, 5.74) is 14.5. The zero-order chi connectivity index (χ0) is 33.0. The molecule has 0 heterocycles. The fraction of sp³-hybridized carbons (Fsp3) is 0.341. The van der Waals surface area contributed by atoms with Crippen molar-refractivity contribution in [1.82, 2.24) is 0 Å². The average molecular weight is 743 g/mol. The molecule has 0 radical (unpaired) electrons. The Morgan fingerprint density at radius 1 is 0.638 bits per heavy atom. The number of allylic oxidation sites excluding steroid dienone is 4. The van der Waals surface area contributed by atoms with Crippen LogP contribution in [-0.2, 0) is 41.5 Å². The number of halogens is 2. The fourth-order valence-corrected chi connectivity index (χ4v) is 6.30. The van der Waals surface area contributed by atoms with Gasteiger partial charge in [0, 0.05) is 0 Å². The Hall–Kier alpha value is -2.31. The van der Waals surface area contributed by atoms with Gasteiger partial charge >= 0.3 is 99.2 Å². The Balaban J connectivity index is 0.000000258. The molecule has 4 aromatic carbocycles. The molecule has 0 N–H and O–H groups in total. The number of rotatable bonds is 2. The van der Waals surface area contributed by atoms with Gasteiger partial charge in [-0.2, -0.15) is 29.3 Å². The van der Waals surface area contributed by atoms with Crippen molar-refractivity contribution in [3.63, 3.8) is 0 Å². The number of fused-ring (bicyclic) bond motifs is 3. The van der Waals surface area contributed by atoms with Crippen LogP contribution in [-0.4, -0.2) is 3.21 Å². The van der Waals surface area contributed by atoms with Gasteiger partial charge in [0.1, 0.15) is 0 Å². The SMILES string of the molecule is CC(C)(C)c1[c-]c2c(cc1)-c1ccc(C(C)(C)C)cc1C2.CC1=[C-]CC(C(C)(C)C)=C1.Cl.Cl.[Zr+2]=[C](c1ccccc1)c1ccccc1. The summed E-state index contributed by atoms with van der Waals surface area (Å²) in [5, 5.41) is 0. The first-order valence-electron chi connectivity index (χ1n) is 16.2. The average Bonchev–Trinajstić information content (AvgIpc) is 3.60. The van der Waals surface area contributed by atoms with Crippen LogP contribution in [0.15, 0.2) is 108 Å². The molecule has 3 heteroatoms. The van der Waals surface area contributed by atoms with Gasteiger partial charge in [-0.1, -0.05) is 93.0 Å². The van der Waals surface area contributed by atoms with E-state index in [1.807, 2.05) is 0 Å². The van der Waals surface area contributed by atoms with Gasteiger partial charge in [0.15, 0.2) is 0 Å². The quantitative estimate of drug-likeness (QED) is 0.158. The van der Waals surface area contributed by atoms with E-state index in [4.69, 9.17) is 0 Å². The van der Waals surface area contributed by atoms with E-state index in [1.165, 1.54) is 83.1 Å². The molecule has 4 aromatic rings. The summed E-state index contributed by atoms with van der Waals surface area (Å²) >= 11 is 1.46. The molecule has 0 atom stereocenters. The van der Waals surface area contributed by atoms with E-state index in [9.17, 15) is 0 Å². The first-order chi connectivity index (χ1) is 21.0. The van der Waals surface area contributed by atoms with Gasteiger partial charge in [-0.05, 0) is 33.8 Å². The molecule has 246 valence electrons. The molecule has 2 aliphatic carbocycles. The van der Waals surface area contributed by atoms with Crippen LogP contribution in [0.25, 0.3) is 11.1 Å². The monoisotopic (exact) mass is 740 g/mol. The summed E-state index contributed by atoms with van der Waals surface area (Å²) in [6.07, 6.45) is 7.61. The van der Waals surface area contributed by atoms with Crippen molar-refractivity contribution >= 4 is 28.0 Å². The van der Waals surface area contributed by atoms with Gasteiger partial charge in [0.25, 0.3) is 0 Å². The van der Waals surface area contributed by atoms with Gasteiger partial charge in [0.2, 0.25) is 0 Å². The number of hydrogen-bond donors (Lipinski definition) is 0. The van der Waals surface area contributed by atoms with Crippen LogP contribution in [0.3, 0.4) is 0 Å². The molecular formula is C44H52Cl2Zr. The van der Waals surface area contributed by atoms with Gasteiger partial charge < -0.3 is 0 Å². The van der Waals surface area contributed by atoms with Crippen molar-refractivity contribution in [3.05, 3.63) is 154 Å². The third kappa shape index (κ3) is 11.1. The summed E-state index contributed by atoms with van der Waals surface area (Å²) in [5.74, 6) is 0. The van der Waals surface area contributed by atoms with Crippen molar-refractivity contribution in [2.45, 2.75) is 92.9 Å². The van der Waals surface area contributed by atoms with E-state index in [0.717, 1.165) is 12.8 Å². The molecule has 47 heavy (non-hydrogen) atoms. The second-order valence-electron chi connectivity index (χ2n) is 15.4. The molecular weight excluding hydrogens is 691 g/mol. The third-order valence-electron chi connectivity index (χ3n) is 8.50. The molecule has 0 saturated carbocycles. The molecule has 0 aliphatic heterocycles. The van der Waals surface area contributed by atoms with Gasteiger partial charge in [-0.15, -0.1) is 42.4 Å². The fourth-order valence-electron chi connectivity index (χ4n) is 5.48.